The minimum absolute atomic E-state index is 0.140. The molecule has 1 aromatic carbocycles. The molecular formula is C15H18N2O. The molecule has 0 aliphatic heterocycles. The van der Waals surface area contributed by atoms with E-state index < -0.39 is 0 Å². The van der Waals surface area contributed by atoms with Crippen molar-refractivity contribution in [3.63, 3.8) is 0 Å². The maximum absolute atomic E-state index is 12.3. The van der Waals surface area contributed by atoms with Gasteiger partial charge in [-0.25, -0.2) is 4.68 Å². The highest BCUT2D eigenvalue weighted by molar-refractivity contribution is 5.62. The maximum atomic E-state index is 12.3. The Kier molecular flexibility index (Phi) is 2.82. The van der Waals surface area contributed by atoms with Crippen LogP contribution in [0.25, 0.3) is 11.3 Å². The molecule has 1 fully saturated rings. The first-order chi connectivity index (χ1) is 8.77. The summed E-state index contributed by atoms with van der Waals surface area (Å²) in [5.41, 5.74) is 3.02. The van der Waals surface area contributed by atoms with Crippen LogP contribution in [-0.2, 0) is 0 Å². The van der Waals surface area contributed by atoms with Gasteiger partial charge < -0.3 is 0 Å². The van der Waals surface area contributed by atoms with Crippen LogP contribution in [0.2, 0.25) is 0 Å². The molecule has 0 radical (unpaired) electrons. The highest BCUT2D eigenvalue weighted by atomic mass is 16.1. The van der Waals surface area contributed by atoms with E-state index in [4.69, 9.17) is 0 Å². The summed E-state index contributed by atoms with van der Waals surface area (Å²) < 4.78 is 1.84. The number of hydrogen-bond acceptors (Lipinski definition) is 1. The molecule has 3 rings (SSSR count). The molecule has 0 unspecified atom stereocenters. The van der Waals surface area contributed by atoms with Crippen LogP contribution in [0.1, 0.15) is 37.3 Å². The normalized spacial score (nSPS) is 16.3. The Balaban J connectivity index is 2.07. The number of aromatic nitrogens is 2. The number of rotatable bonds is 2. The zero-order valence-corrected chi connectivity index (χ0v) is 10.6. The van der Waals surface area contributed by atoms with E-state index >= 15 is 0 Å². The van der Waals surface area contributed by atoms with E-state index in [9.17, 15) is 4.79 Å². The van der Waals surface area contributed by atoms with Crippen molar-refractivity contribution in [2.75, 3.05) is 0 Å². The topological polar surface area (TPSA) is 37.8 Å². The maximum Gasteiger partial charge on any atom is 0.270 e. The number of aromatic amines is 1. The van der Waals surface area contributed by atoms with E-state index in [1.165, 1.54) is 12.8 Å². The Bertz CT molecular complexity index is 589. The van der Waals surface area contributed by atoms with Gasteiger partial charge in [0.15, 0.2) is 0 Å². The lowest BCUT2D eigenvalue weighted by atomic mass is 10.1. The van der Waals surface area contributed by atoms with Crippen LogP contribution in [-0.4, -0.2) is 9.78 Å². The summed E-state index contributed by atoms with van der Waals surface area (Å²) in [4.78, 5) is 12.3. The van der Waals surface area contributed by atoms with E-state index in [1.54, 1.807) is 0 Å². The molecule has 1 aromatic heterocycles. The molecule has 1 saturated carbocycles. The number of benzene rings is 1. The monoisotopic (exact) mass is 242 g/mol. The molecule has 0 atom stereocenters. The second-order valence-corrected chi connectivity index (χ2v) is 5.09. The Morgan fingerprint density at radius 1 is 1.17 bits per heavy atom. The molecule has 1 heterocycles. The summed E-state index contributed by atoms with van der Waals surface area (Å²) in [5, 5.41) is 3.31. The molecule has 0 amide bonds. The SMILES string of the molecule is Cc1c(-c2ccccc2)[nH]n(C2CCCC2)c1=O. The Morgan fingerprint density at radius 2 is 1.83 bits per heavy atom. The first-order valence-corrected chi connectivity index (χ1v) is 6.64. The van der Waals surface area contributed by atoms with Crippen LogP contribution in [0, 0.1) is 6.92 Å². The van der Waals surface area contributed by atoms with Crippen LogP contribution in [0.3, 0.4) is 0 Å². The summed E-state index contributed by atoms with van der Waals surface area (Å²) >= 11 is 0. The molecule has 1 aliphatic carbocycles. The van der Waals surface area contributed by atoms with Gasteiger partial charge in [0.2, 0.25) is 0 Å². The van der Waals surface area contributed by atoms with E-state index in [2.05, 4.69) is 5.10 Å². The molecule has 1 N–H and O–H groups in total. The smallest absolute Gasteiger partial charge is 0.270 e. The molecule has 3 heteroatoms. The first-order valence-electron chi connectivity index (χ1n) is 6.64. The van der Waals surface area contributed by atoms with Crippen molar-refractivity contribution in [2.24, 2.45) is 0 Å². The predicted molar refractivity (Wildman–Crippen MR) is 72.7 cm³/mol. The van der Waals surface area contributed by atoms with E-state index in [0.29, 0.717) is 6.04 Å². The zero-order chi connectivity index (χ0) is 12.5. The lowest BCUT2D eigenvalue weighted by Gasteiger charge is -2.09. The van der Waals surface area contributed by atoms with Crippen LogP contribution in [0.5, 0.6) is 0 Å². The first kappa shape index (κ1) is 11.3. The number of H-pyrrole nitrogens is 1. The molecule has 3 nitrogen and oxygen atoms in total. The largest absolute Gasteiger partial charge is 0.294 e. The molecule has 18 heavy (non-hydrogen) atoms. The van der Waals surface area contributed by atoms with Crippen LogP contribution >= 0.6 is 0 Å². The van der Waals surface area contributed by atoms with E-state index in [-0.39, 0.29) is 5.56 Å². The van der Waals surface area contributed by atoms with Crippen molar-refractivity contribution in [3.05, 3.63) is 46.2 Å². The molecule has 0 spiro atoms. The van der Waals surface area contributed by atoms with Gasteiger partial charge >= 0.3 is 0 Å². The summed E-state index contributed by atoms with van der Waals surface area (Å²) in [6.45, 7) is 1.91. The average Bonchev–Trinajstić information content (AvgIpc) is 3.01. The van der Waals surface area contributed by atoms with Gasteiger partial charge in [-0.2, -0.15) is 0 Å². The van der Waals surface area contributed by atoms with Gasteiger partial charge in [-0.1, -0.05) is 43.2 Å². The number of nitrogens with one attached hydrogen (secondary N) is 1. The predicted octanol–water partition coefficient (Wildman–Crippen LogP) is 3.27. The fraction of sp³-hybridized carbons (Fsp3) is 0.400. The number of nitrogens with zero attached hydrogens (tertiary/aromatic N) is 1. The van der Waals surface area contributed by atoms with Gasteiger partial charge in [0.1, 0.15) is 0 Å². The third-order valence-corrected chi connectivity index (χ3v) is 3.90. The van der Waals surface area contributed by atoms with Crippen LogP contribution in [0.15, 0.2) is 35.1 Å². The minimum Gasteiger partial charge on any atom is -0.294 e. The van der Waals surface area contributed by atoms with Gasteiger partial charge in [-0.15, -0.1) is 0 Å². The van der Waals surface area contributed by atoms with Crippen molar-refractivity contribution < 1.29 is 0 Å². The highest BCUT2D eigenvalue weighted by Crippen LogP contribution is 2.29. The van der Waals surface area contributed by atoms with Gasteiger partial charge in [0.25, 0.3) is 5.56 Å². The standard InChI is InChI=1S/C15H18N2O/c1-11-14(12-7-3-2-4-8-12)16-17(15(11)18)13-9-5-6-10-13/h2-4,7-8,13,16H,5-6,9-10H2,1H3. The van der Waals surface area contributed by atoms with Gasteiger partial charge in [-0.3, -0.25) is 9.89 Å². The highest BCUT2D eigenvalue weighted by Gasteiger charge is 2.21. The van der Waals surface area contributed by atoms with Crippen LogP contribution in [0.4, 0.5) is 0 Å². The summed E-state index contributed by atoms with van der Waals surface area (Å²) in [6.07, 6.45) is 4.70. The molecule has 0 bridgehead atoms. The van der Waals surface area contributed by atoms with Crippen molar-refractivity contribution in [1.29, 1.82) is 0 Å². The van der Waals surface area contributed by atoms with Gasteiger partial charge in [-0.05, 0) is 25.3 Å². The second kappa shape index (κ2) is 4.48. The minimum atomic E-state index is 0.140. The Morgan fingerprint density at radius 3 is 2.50 bits per heavy atom. The molecule has 0 saturated heterocycles. The lowest BCUT2D eigenvalue weighted by Crippen LogP contribution is -2.21. The fourth-order valence-corrected chi connectivity index (χ4v) is 2.85. The van der Waals surface area contributed by atoms with E-state index in [0.717, 1.165) is 29.7 Å². The van der Waals surface area contributed by atoms with Crippen molar-refractivity contribution in [1.82, 2.24) is 9.78 Å². The van der Waals surface area contributed by atoms with Crippen LogP contribution < -0.4 is 5.56 Å². The number of hydrogen-bond donors (Lipinski definition) is 1. The van der Waals surface area contributed by atoms with Crippen molar-refractivity contribution >= 4 is 0 Å². The van der Waals surface area contributed by atoms with E-state index in [1.807, 2.05) is 41.9 Å². The van der Waals surface area contributed by atoms with Gasteiger partial charge in [0, 0.05) is 5.56 Å². The molecular weight excluding hydrogens is 224 g/mol. The van der Waals surface area contributed by atoms with Crippen molar-refractivity contribution in [2.45, 2.75) is 38.6 Å². The molecule has 2 aromatic rings. The zero-order valence-electron chi connectivity index (χ0n) is 10.6. The third-order valence-electron chi connectivity index (χ3n) is 3.90. The summed E-state index contributed by atoms with van der Waals surface area (Å²) in [5.74, 6) is 0. The third kappa shape index (κ3) is 1.80. The van der Waals surface area contributed by atoms with Crippen molar-refractivity contribution in [3.8, 4) is 11.3 Å². The Hall–Kier alpha value is -1.77. The average molecular weight is 242 g/mol. The Labute approximate surface area is 106 Å². The fourth-order valence-electron chi connectivity index (χ4n) is 2.85. The second-order valence-electron chi connectivity index (χ2n) is 5.09. The summed E-state index contributed by atoms with van der Waals surface area (Å²) in [7, 11) is 0. The molecule has 1 aliphatic rings. The summed E-state index contributed by atoms with van der Waals surface area (Å²) in [6, 6.07) is 10.4. The quantitative estimate of drug-likeness (QED) is 0.862. The van der Waals surface area contributed by atoms with Gasteiger partial charge in [0.05, 0.1) is 11.7 Å². The lowest BCUT2D eigenvalue weighted by molar-refractivity contribution is 0.455. The molecule has 94 valence electrons.